The number of hydrogen-bond donors (Lipinski definition) is 2. The number of pyridine rings is 2. The molecule has 0 bridgehead atoms. The number of rotatable bonds is 8. The quantitative estimate of drug-likeness (QED) is 0.297. The minimum absolute atomic E-state index is 0.114. The van der Waals surface area contributed by atoms with Crippen LogP contribution in [0.1, 0.15) is 46.7 Å². The second-order valence-corrected chi connectivity index (χ2v) is 10.1. The van der Waals surface area contributed by atoms with E-state index in [0.29, 0.717) is 23.1 Å². The smallest absolute Gasteiger partial charge is 0.226 e. The third-order valence-electron chi connectivity index (χ3n) is 7.08. The highest BCUT2D eigenvalue weighted by Crippen LogP contribution is 2.41. The number of aromatic nitrogens is 3. The van der Waals surface area contributed by atoms with Crippen LogP contribution in [0.25, 0.3) is 5.82 Å². The summed E-state index contributed by atoms with van der Waals surface area (Å²) in [6.45, 7) is 6.69. The molecule has 1 aliphatic heterocycles. The van der Waals surface area contributed by atoms with Crippen molar-refractivity contribution in [3.63, 3.8) is 0 Å². The highest BCUT2D eigenvalue weighted by molar-refractivity contribution is 7.80. The normalized spacial score (nSPS) is 16.7. The van der Waals surface area contributed by atoms with E-state index in [4.69, 9.17) is 17.0 Å². The van der Waals surface area contributed by atoms with Crippen LogP contribution in [0.3, 0.4) is 0 Å². The molecule has 1 saturated heterocycles. The molecular weight excluding hydrogens is 508 g/mol. The van der Waals surface area contributed by atoms with Crippen LogP contribution < -0.4 is 15.4 Å². The maximum Gasteiger partial charge on any atom is 0.226 e. The van der Waals surface area contributed by atoms with E-state index in [0.717, 1.165) is 34.0 Å². The van der Waals surface area contributed by atoms with Gasteiger partial charge >= 0.3 is 0 Å². The number of thiocarbonyl (C=S) groups is 1. The van der Waals surface area contributed by atoms with Gasteiger partial charge in [0.25, 0.3) is 0 Å². The van der Waals surface area contributed by atoms with E-state index in [2.05, 4.69) is 63.0 Å². The predicted molar refractivity (Wildman–Crippen MR) is 156 cm³/mol. The molecule has 2 atom stereocenters. The maximum atomic E-state index is 13.0. The Labute approximate surface area is 234 Å². The molecule has 1 fully saturated rings. The predicted octanol–water partition coefficient (Wildman–Crippen LogP) is 5.20. The highest BCUT2D eigenvalue weighted by atomic mass is 32.1. The van der Waals surface area contributed by atoms with Gasteiger partial charge in [0.2, 0.25) is 5.91 Å². The average Bonchev–Trinajstić information content (AvgIpc) is 3.42. The van der Waals surface area contributed by atoms with Gasteiger partial charge in [0, 0.05) is 36.7 Å². The minimum Gasteiger partial charge on any atom is -0.495 e. The first-order chi connectivity index (χ1) is 18.9. The molecule has 39 heavy (non-hydrogen) atoms. The van der Waals surface area contributed by atoms with Crippen molar-refractivity contribution >= 4 is 28.9 Å². The third-order valence-corrected chi connectivity index (χ3v) is 7.43. The van der Waals surface area contributed by atoms with Crippen LogP contribution in [-0.2, 0) is 4.79 Å². The molecule has 4 heterocycles. The van der Waals surface area contributed by atoms with Gasteiger partial charge in [-0.25, -0.2) is 4.98 Å². The Morgan fingerprint density at radius 2 is 1.85 bits per heavy atom. The van der Waals surface area contributed by atoms with Crippen molar-refractivity contribution in [2.75, 3.05) is 19.0 Å². The Morgan fingerprint density at radius 1 is 1.05 bits per heavy atom. The Balaban J connectivity index is 1.47. The van der Waals surface area contributed by atoms with E-state index in [-0.39, 0.29) is 24.4 Å². The van der Waals surface area contributed by atoms with Crippen LogP contribution in [0.2, 0.25) is 0 Å². The van der Waals surface area contributed by atoms with E-state index in [1.165, 1.54) is 0 Å². The van der Waals surface area contributed by atoms with Crippen molar-refractivity contribution in [2.45, 2.75) is 39.3 Å². The molecule has 200 valence electrons. The summed E-state index contributed by atoms with van der Waals surface area (Å²) < 4.78 is 7.55. The van der Waals surface area contributed by atoms with Crippen molar-refractivity contribution in [3.8, 4) is 11.6 Å². The molecule has 0 saturated carbocycles. The zero-order valence-electron chi connectivity index (χ0n) is 22.5. The summed E-state index contributed by atoms with van der Waals surface area (Å²) in [4.78, 5) is 24.4. The highest BCUT2D eigenvalue weighted by Gasteiger charge is 2.41. The number of ether oxygens (including phenoxy) is 1. The zero-order chi connectivity index (χ0) is 27.5. The first-order valence-electron chi connectivity index (χ1n) is 12.9. The molecule has 1 aliphatic rings. The molecule has 9 heteroatoms. The van der Waals surface area contributed by atoms with Crippen molar-refractivity contribution in [1.82, 2.24) is 24.8 Å². The number of hydrogen-bond acceptors (Lipinski definition) is 5. The summed E-state index contributed by atoms with van der Waals surface area (Å²) in [7, 11) is 1.59. The van der Waals surface area contributed by atoms with Gasteiger partial charge in [0.05, 0.1) is 30.6 Å². The number of para-hydroxylation sites is 2. The number of anilines is 1. The second kappa shape index (κ2) is 11.2. The van der Waals surface area contributed by atoms with E-state index in [1.807, 2.05) is 54.7 Å². The van der Waals surface area contributed by atoms with Gasteiger partial charge in [0.1, 0.15) is 11.6 Å². The Hall–Kier alpha value is -4.24. The van der Waals surface area contributed by atoms with Gasteiger partial charge < -0.3 is 24.8 Å². The molecule has 1 aromatic carbocycles. The zero-order valence-corrected chi connectivity index (χ0v) is 23.3. The summed E-state index contributed by atoms with van der Waals surface area (Å²) in [5.74, 6) is 1.38. The lowest BCUT2D eigenvalue weighted by Crippen LogP contribution is -2.33. The number of carbonyl (C=O) groups excluding carboxylic acids is 1. The van der Waals surface area contributed by atoms with E-state index in [1.54, 1.807) is 13.3 Å². The van der Waals surface area contributed by atoms with Gasteiger partial charge in [0.15, 0.2) is 5.11 Å². The summed E-state index contributed by atoms with van der Waals surface area (Å²) in [5, 5.41) is 7.05. The lowest BCUT2D eigenvalue weighted by molar-refractivity contribution is -0.116. The van der Waals surface area contributed by atoms with Gasteiger partial charge in [-0.1, -0.05) is 18.2 Å². The van der Waals surface area contributed by atoms with Crippen molar-refractivity contribution in [2.24, 2.45) is 0 Å². The van der Waals surface area contributed by atoms with Crippen LogP contribution in [-0.4, -0.2) is 44.1 Å². The van der Waals surface area contributed by atoms with E-state index < -0.39 is 0 Å². The molecule has 3 aromatic heterocycles. The second-order valence-electron chi connectivity index (χ2n) is 9.67. The molecule has 0 spiro atoms. The number of nitrogens with one attached hydrogen (secondary N) is 2. The SMILES string of the molecule is COc1ccccc1NC(=O)CCN1C(=S)N[C@@H](c2ccccn2)[C@@H]1c1cc(C)n(-c2cc(C)ccn2)c1C. The maximum absolute atomic E-state index is 13.0. The monoisotopic (exact) mass is 540 g/mol. The lowest BCUT2D eigenvalue weighted by Gasteiger charge is -2.28. The standard InChI is InChI=1S/C30H32N6O2S/c1-19-12-15-32-26(17-19)36-20(2)18-22(21(36)3)29-28(24-10-7-8-14-31-24)34-30(39)35(29)16-13-27(37)33-23-9-5-6-11-25(23)38-4/h5-12,14-15,17-18,28-29H,13,16H2,1-4H3,(H,33,37)(H,34,39)/t28-,29-/m0/s1. The van der Waals surface area contributed by atoms with Gasteiger partial charge in [-0.05, 0) is 86.6 Å². The fraction of sp³-hybridized carbons (Fsp3) is 0.267. The summed E-state index contributed by atoms with van der Waals surface area (Å²) in [5.41, 5.74) is 5.95. The Bertz CT molecular complexity index is 1500. The fourth-order valence-electron chi connectivity index (χ4n) is 5.25. The minimum atomic E-state index is -0.171. The van der Waals surface area contributed by atoms with Crippen molar-refractivity contribution in [3.05, 3.63) is 101 Å². The molecular formula is C30H32N6O2S. The lowest BCUT2D eigenvalue weighted by atomic mass is 9.96. The van der Waals surface area contributed by atoms with E-state index in [9.17, 15) is 4.79 Å². The first-order valence-corrected chi connectivity index (χ1v) is 13.3. The average molecular weight is 541 g/mol. The molecule has 8 nitrogen and oxygen atoms in total. The van der Waals surface area contributed by atoms with Crippen LogP contribution in [0.4, 0.5) is 5.69 Å². The Morgan fingerprint density at radius 3 is 2.59 bits per heavy atom. The molecule has 4 aromatic rings. The topological polar surface area (TPSA) is 84.3 Å². The van der Waals surface area contributed by atoms with Crippen LogP contribution >= 0.6 is 12.2 Å². The van der Waals surface area contributed by atoms with Crippen LogP contribution in [0.15, 0.2) is 73.1 Å². The fourth-order valence-corrected chi connectivity index (χ4v) is 5.58. The number of benzene rings is 1. The molecule has 2 N–H and O–H groups in total. The number of methoxy groups -OCH3 is 1. The first kappa shape index (κ1) is 26.4. The number of carbonyl (C=O) groups is 1. The van der Waals surface area contributed by atoms with Crippen LogP contribution in [0, 0.1) is 20.8 Å². The number of nitrogens with zero attached hydrogens (tertiary/aromatic N) is 4. The summed E-state index contributed by atoms with van der Waals surface area (Å²) in [6, 6.07) is 19.2. The van der Waals surface area contributed by atoms with Crippen molar-refractivity contribution < 1.29 is 9.53 Å². The van der Waals surface area contributed by atoms with Gasteiger partial charge in [-0.2, -0.15) is 0 Å². The van der Waals surface area contributed by atoms with E-state index >= 15 is 0 Å². The number of amides is 1. The molecule has 1 amide bonds. The van der Waals surface area contributed by atoms with Gasteiger partial charge in [-0.3, -0.25) is 9.78 Å². The molecule has 0 aliphatic carbocycles. The van der Waals surface area contributed by atoms with Gasteiger partial charge in [-0.15, -0.1) is 0 Å². The largest absolute Gasteiger partial charge is 0.495 e. The Kier molecular flexibility index (Phi) is 7.60. The molecule has 0 unspecified atom stereocenters. The molecule has 5 rings (SSSR count). The third kappa shape index (κ3) is 5.35. The molecule has 0 radical (unpaired) electrons. The number of aryl methyl sites for hydroxylation is 2. The van der Waals surface area contributed by atoms with Crippen LogP contribution in [0.5, 0.6) is 5.75 Å². The summed E-state index contributed by atoms with van der Waals surface area (Å²) >= 11 is 5.83. The summed E-state index contributed by atoms with van der Waals surface area (Å²) in [6.07, 6.45) is 3.88. The van der Waals surface area contributed by atoms with Crippen molar-refractivity contribution in [1.29, 1.82) is 0 Å².